The van der Waals surface area contributed by atoms with E-state index in [-0.39, 0.29) is 24.1 Å². The van der Waals surface area contributed by atoms with Gasteiger partial charge in [-0.2, -0.15) is 0 Å². The molecule has 0 aliphatic heterocycles. The van der Waals surface area contributed by atoms with Gasteiger partial charge in [0.25, 0.3) is 0 Å². The number of pyridine rings is 1. The average molecular weight is 487 g/mol. The Hall–Kier alpha value is -3.98. The van der Waals surface area contributed by atoms with Crippen molar-refractivity contribution in [2.75, 3.05) is 24.7 Å². The van der Waals surface area contributed by atoms with E-state index in [0.29, 0.717) is 16.7 Å². The maximum absolute atomic E-state index is 12.8. The second kappa shape index (κ2) is 11.0. The normalized spacial score (nSPS) is 10.7. The van der Waals surface area contributed by atoms with Crippen molar-refractivity contribution in [3.63, 3.8) is 0 Å². The molecule has 0 unspecified atom stereocenters. The third-order valence-corrected chi connectivity index (χ3v) is 6.29. The summed E-state index contributed by atoms with van der Waals surface area (Å²) in [5, 5.41) is 12.2. The van der Waals surface area contributed by atoms with Gasteiger partial charge in [0.05, 0.1) is 18.0 Å². The smallest absolute Gasteiger partial charge is 0.243 e. The SMILES string of the molecule is Cc1ccc(NC(=O)CN(C)C(=O)CSc2nnc(-c3cccnc3)n2-c2ccccc2C)cc1. The molecule has 2 heterocycles. The lowest BCUT2D eigenvalue weighted by Crippen LogP contribution is -2.36. The van der Waals surface area contributed by atoms with Crippen LogP contribution in [0.15, 0.2) is 78.2 Å². The van der Waals surface area contributed by atoms with Crippen molar-refractivity contribution in [2.45, 2.75) is 19.0 Å². The molecule has 0 saturated carbocycles. The standard InChI is InChI=1S/C26H26N6O2S/c1-18-10-12-21(13-11-18)28-23(33)16-31(3)24(34)17-35-26-30-29-25(20-8-6-14-27-15-20)32(26)22-9-5-4-7-19(22)2/h4-15H,16-17H2,1-3H3,(H,28,33). The summed E-state index contributed by atoms with van der Waals surface area (Å²) < 4.78 is 1.94. The second-order valence-electron chi connectivity index (χ2n) is 8.12. The molecule has 8 nitrogen and oxygen atoms in total. The minimum atomic E-state index is -0.253. The zero-order valence-corrected chi connectivity index (χ0v) is 20.6. The molecule has 0 aliphatic rings. The van der Waals surface area contributed by atoms with E-state index in [1.807, 2.05) is 79.1 Å². The van der Waals surface area contributed by atoms with E-state index in [4.69, 9.17) is 0 Å². The van der Waals surface area contributed by atoms with Crippen LogP contribution in [0, 0.1) is 13.8 Å². The Bertz CT molecular complexity index is 1320. The van der Waals surface area contributed by atoms with Crippen LogP contribution in [0.3, 0.4) is 0 Å². The lowest BCUT2D eigenvalue weighted by atomic mass is 10.2. The number of para-hydroxylation sites is 1. The predicted octanol–water partition coefficient (Wildman–Crippen LogP) is 4.14. The quantitative estimate of drug-likeness (QED) is 0.377. The van der Waals surface area contributed by atoms with Crippen molar-refractivity contribution in [2.24, 2.45) is 0 Å². The molecule has 9 heteroatoms. The first-order valence-electron chi connectivity index (χ1n) is 11.1. The van der Waals surface area contributed by atoms with Crippen LogP contribution in [-0.4, -0.2) is 55.8 Å². The van der Waals surface area contributed by atoms with Crippen molar-refractivity contribution in [3.8, 4) is 17.1 Å². The summed E-state index contributed by atoms with van der Waals surface area (Å²) in [5.74, 6) is 0.326. The van der Waals surface area contributed by atoms with Gasteiger partial charge in [0, 0.05) is 30.7 Å². The van der Waals surface area contributed by atoms with Gasteiger partial charge in [-0.15, -0.1) is 10.2 Å². The predicted molar refractivity (Wildman–Crippen MR) is 137 cm³/mol. The van der Waals surface area contributed by atoms with E-state index in [9.17, 15) is 9.59 Å². The van der Waals surface area contributed by atoms with E-state index >= 15 is 0 Å². The molecule has 2 aromatic heterocycles. The fourth-order valence-electron chi connectivity index (χ4n) is 3.45. The number of carbonyl (C=O) groups excluding carboxylic acids is 2. The number of aryl methyl sites for hydroxylation is 2. The van der Waals surface area contributed by atoms with Gasteiger partial charge in [0.1, 0.15) is 0 Å². The van der Waals surface area contributed by atoms with Crippen LogP contribution in [0.2, 0.25) is 0 Å². The minimum absolute atomic E-state index is 0.0430. The third-order valence-electron chi connectivity index (χ3n) is 5.38. The molecule has 0 bridgehead atoms. The third kappa shape index (κ3) is 5.93. The first-order valence-corrected chi connectivity index (χ1v) is 12.1. The molecule has 4 rings (SSSR count). The highest BCUT2D eigenvalue weighted by Crippen LogP contribution is 2.29. The molecular weight excluding hydrogens is 460 g/mol. The number of benzene rings is 2. The van der Waals surface area contributed by atoms with Crippen molar-refractivity contribution in [1.29, 1.82) is 0 Å². The summed E-state index contributed by atoms with van der Waals surface area (Å²) in [7, 11) is 1.62. The van der Waals surface area contributed by atoms with Crippen LogP contribution in [0.5, 0.6) is 0 Å². The fraction of sp³-hybridized carbons (Fsp3) is 0.192. The van der Waals surface area contributed by atoms with Crippen LogP contribution in [0.25, 0.3) is 17.1 Å². The average Bonchev–Trinajstić information content (AvgIpc) is 3.28. The Morgan fingerprint density at radius 2 is 1.77 bits per heavy atom. The van der Waals surface area contributed by atoms with Gasteiger partial charge in [-0.1, -0.05) is 47.7 Å². The zero-order chi connectivity index (χ0) is 24.8. The van der Waals surface area contributed by atoms with E-state index in [1.54, 1.807) is 19.4 Å². The van der Waals surface area contributed by atoms with Crippen molar-refractivity contribution >= 4 is 29.3 Å². The van der Waals surface area contributed by atoms with Gasteiger partial charge < -0.3 is 10.2 Å². The van der Waals surface area contributed by atoms with Crippen LogP contribution in [0.1, 0.15) is 11.1 Å². The maximum atomic E-state index is 12.8. The number of likely N-dealkylation sites (N-methyl/N-ethyl adjacent to an activating group) is 1. The van der Waals surface area contributed by atoms with Crippen LogP contribution in [-0.2, 0) is 9.59 Å². The van der Waals surface area contributed by atoms with Crippen molar-refractivity contribution in [3.05, 3.63) is 84.2 Å². The molecule has 0 spiro atoms. The van der Waals surface area contributed by atoms with E-state index in [1.165, 1.54) is 16.7 Å². The van der Waals surface area contributed by atoms with Crippen LogP contribution >= 0.6 is 11.8 Å². The lowest BCUT2D eigenvalue weighted by Gasteiger charge is -2.17. The highest BCUT2D eigenvalue weighted by Gasteiger charge is 2.20. The first kappa shape index (κ1) is 24.2. The molecule has 0 atom stereocenters. The Labute approximate surface area is 208 Å². The van der Waals surface area contributed by atoms with Gasteiger partial charge in [0.2, 0.25) is 11.8 Å². The maximum Gasteiger partial charge on any atom is 0.243 e. The van der Waals surface area contributed by atoms with E-state index in [0.717, 1.165) is 22.4 Å². The molecular formula is C26H26N6O2S. The number of nitrogens with zero attached hydrogens (tertiary/aromatic N) is 5. The number of carbonyl (C=O) groups is 2. The van der Waals surface area contributed by atoms with Gasteiger partial charge >= 0.3 is 0 Å². The molecule has 2 amide bonds. The van der Waals surface area contributed by atoms with Crippen molar-refractivity contribution in [1.82, 2.24) is 24.6 Å². The molecule has 4 aromatic rings. The number of rotatable bonds is 8. The number of nitrogens with one attached hydrogen (secondary N) is 1. The van der Waals surface area contributed by atoms with E-state index in [2.05, 4.69) is 20.5 Å². The molecule has 0 fully saturated rings. The molecule has 178 valence electrons. The van der Waals surface area contributed by atoms with Gasteiger partial charge in [-0.3, -0.25) is 19.1 Å². The zero-order valence-electron chi connectivity index (χ0n) is 19.8. The van der Waals surface area contributed by atoms with Crippen LogP contribution in [0.4, 0.5) is 5.69 Å². The fourth-order valence-corrected chi connectivity index (χ4v) is 4.34. The highest BCUT2D eigenvalue weighted by molar-refractivity contribution is 7.99. The van der Waals surface area contributed by atoms with Crippen LogP contribution < -0.4 is 5.32 Å². The second-order valence-corrected chi connectivity index (χ2v) is 9.06. The number of anilines is 1. The summed E-state index contributed by atoms with van der Waals surface area (Å²) in [6, 6.07) is 19.2. The summed E-state index contributed by atoms with van der Waals surface area (Å²) >= 11 is 1.28. The molecule has 35 heavy (non-hydrogen) atoms. The monoisotopic (exact) mass is 486 g/mol. The van der Waals surface area contributed by atoms with Gasteiger partial charge in [-0.05, 0) is 49.7 Å². The summed E-state index contributed by atoms with van der Waals surface area (Å²) in [5.41, 5.74) is 4.61. The van der Waals surface area contributed by atoms with Gasteiger partial charge in [-0.25, -0.2) is 0 Å². The number of aromatic nitrogens is 4. The van der Waals surface area contributed by atoms with Gasteiger partial charge in [0.15, 0.2) is 11.0 Å². The Morgan fingerprint density at radius 1 is 1.00 bits per heavy atom. The topological polar surface area (TPSA) is 93.0 Å². The molecule has 0 saturated heterocycles. The Morgan fingerprint density at radius 3 is 2.49 bits per heavy atom. The summed E-state index contributed by atoms with van der Waals surface area (Å²) in [6.45, 7) is 3.95. The minimum Gasteiger partial charge on any atom is -0.336 e. The number of hydrogen-bond donors (Lipinski definition) is 1. The lowest BCUT2D eigenvalue weighted by molar-refractivity contribution is -0.131. The molecule has 0 radical (unpaired) electrons. The summed E-state index contributed by atoms with van der Waals surface area (Å²) in [6.07, 6.45) is 3.44. The molecule has 2 aromatic carbocycles. The molecule has 1 N–H and O–H groups in total. The Balaban J connectivity index is 1.46. The van der Waals surface area contributed by atoms with Crippen molar-refractivity contribution < 1.29 is 9.59 Å². The number of thioether (sulfide) groups is 1. The Kier molecular flexibility index (Phi) is 7.57. The molecule has 0 aliphatic carbocycles. The largest absolute Gasteiger partial charge is 0.336 e. The number of hydrogen-bond acceptors (Lipinski definition) is 6. The number of amides is 2. The van der Waals surface area contributed by atoms with E-state index < -0.39 is 0 Å². The summed E-state index contributed by atoms with van der Waals surface area (Å²) in [4.78, 5) is 30.8. The highest BCUT2D eigenvalue weighted by atomic mass is 32.2. The first-order chi connectivity index (χ1) is 16.9.